The van der Waals surface area contributed by atoms with Gasteiger partial charge in [-0.1, -0.05) is 44.0 Å². The van der Waals surface area contributed by atoms with Crippen LogP contribution in [0.1, 0.15) is 43.7 Å². The molecule has 0 N–H and O–H groups in total. The van der Waals surface area contributed by atoms with Gasteiger partial charge in [-0.05, 0) is 42.7 Å². The number of rotatable bonds is 0. The molecule has 0 spiro atoms. The maximum absolute atomic E-state index is 2.40. The molecule has 0 nitrogen and oxygen atoms in total. The van der Waals surface area contributed by atoms with Crippen LogP contribution >= 0.6 is 0 Å². The average Bonchev–Trinajstić information content (AvgIpc) is 2.28. The van der Waals surface area contributed by atoms with Crippen molar-refractivity contribution in [1.29, 1.82) is 0 Å². The van der Waals surface area contributed by atoms with Gasteiger partial charge in [-0.3, -0.25) is 0 Å². The van der Waals surface area contributed by atoms with Crippen LogP contribution in [0.25, 0.3) is 0 Å². The van der Waals surface area contributed by atoms with Crippen molar-refractivity contribution in [3.8, 4) is 0 Å². The van der Waals surface area contributed by atoms with Crippen LogP contribution < -0.4 is 0 Å². The van der Waals surface area contributed by atoms with Crippen molar-refractivity contribution in [2.45, 2.75) is 45.4 Å². The highest BCUT2D eigenvalue weighted by Crippen LogP contribution is 2.22. The summed E-state index contributed by atoms with van der Waals surface area (Å²) in [4.78, 5) is 0. The van der Waals surface area contributed by atoms with E-state index in [2.05, 4.69) is 31.2 Å². The van der Waals surface area contributed by atoms with Crippen molar-refractivity contribution >= 4 is 0 Å². The first kappa shape index (κ1) is 9.76. The molecule has 2 rings (SSSR count). The number of benzene rings is 1. The van der Waals surface area contributed by atoms with Gasteiger partial charge in [-0.2, -0.15) is 0 Å². The van der Waals surface area contributed by atoms with E-state index in [4.69, 9.17) is 0 Å². The highest BCUT2D eigenvalue weighted by atomic mass is 14.1. The molecule has 0 aliphatic heterocycles. The minimum Gasteiger partial charge on any atom is -0.0625 e. The second-order valence-electron chi connectivity index (χ2n) is 4.66. The van der Waals surface area contributed by atoms with E-state index in [1.165, 1.54) is 38.5 Å². The number of aryl methyl sites for hydroxylation is 2. The van der Waals surface area contributed by atoms with Gasteiger partial charge < -0.3 is 0 Å². The standard InChI is InChI=1S/C14H20/c1-12-6-4-10-13-8-2-3-9-14(13)11-5-7-12/h2-3,8-9,12H,4-7,10-11H2,1H3. The van der Waals surface area contributed by atoms with E-state index in [0.717, 1.165) is 5.92 Å². The molecule has 0 bridgehead atoms. The van der Waals surface area contributed by atoms with Crippen molar-refractivity contribution in [3.63, 3.8) is 0 Å². The maximum Gasteiger partial charge on any atom is -0.0276 e. The van der Waals surface area contributed by atoms with Gasteiger partial charge in [-0.25, -0.2) is 0 Å². The van der Waals surface area contributed by atoms with E-state index in [-0.39, 0.29) is 0 Å². The lowest BCUT2D eigenvalue weighted by Crippen LogP contribution is -1.94. The second-order valence-corrected chi connectivity index (χ2v) is 4.66. The molecule has 1 aromatic rings. The predicted octanol–water partition coefficient (Wildman–Crippen LogP) is 3.98. The Morgan fingerprint density at radius 3 is 1.93 bits per heavy atom. The van der Waals surface area contributed by atoms with E-state index in [1.54, 1.807) is 11.1 Å². The second kappa shape index (κ2) is 4.63. The molecule has 0 saturated carbocycles. The summed E-state index contributed by atoms with van der Waals surface area (Å²) in [5.74, 6) is 0.935. The van der Waals surface area contributed by atoms with Crippen LogP contribution in [0.15, 0.2) is 24.3 Å². The minimum atomic E-state index is 0.935. The van der Waals surface area contributed by atoms with Crippen molar-refractivity contribution in [2.75, 3.05) is 0 Å². The van der Waals surface area contributed by atoms with Crippen LogP contribution in [0.4, 0.5) is 0 Å². The Balaban J connectivity index is 2.13. The topological polar surface area (TPSA) is 0 Å². The Morgan fingerprint density at radius 1 is 0.929 bits per heavy atom. The summed E-state index contributed by atoms with van der Waals surface area (Å²) in [6.07, 6.45) is 8.15. The van der Waals surface area contributed by atoms with Crippen LogP contribution in [0, 0.1) is 5.92 Å². The van der Waals surface area contributed by atoms with E-state index in [0.29, 0.717) is 0 Å². The average molecular weight is 188 g/mol. The monoisotopic (exact) mass is 188 g/mol. The number of hydrogen-bond acceptors (Lipinski definition) is 0. The first-order valence-corrected chi connectivity index (χ1v) is 5.93. The molecule has 1 aliphatic carbocycles. The molecule has 0 heterocycles. The normalized spacial score (nSPS) is 19.2. The molecule has 0 amide bonds. The van der Waals surface area contributed by atoms with E-state index in [9.17, 15) is 0 Å². The van der Waals surface area contributed by atoms with E-state index < -0.39 is 0 Å². The smallest absolute Gasteiger partial charge is 0.0276 e. The Morgan fingerprint density at radius 2 is 1.43 bits per heavy atom. The molecule has 14 heavy (non-hydrogen) atoms. The fourth-order valence-electron chi connectivity index (χ4n) is 2.47. The summed E-state index contributed by atoms with van der Waals surface area (Å²) >= 11 is 0. The summed E-state index contributed by atoms with van der Waals surface area (Å²) in [5.41, 5.74) is 3.20. The quantitative estimate of drug-likeness (QED) is 0.577. The van der Waals surface area contributed by atoms with Gasteiger partial charge >= 0.3 is 0 Å². The molecule has 76 valence electrons. The Kier molecular flexibility index (Phi) is 3.23. The summed E-state index contributed by atoms with van der Waals surface area (Å²) in [6.45, 7) is 2.40. The third kappa shape index (κ3) is 2.37. The molecule has 1 aliphatic rings. The van der Waals surface area contributed by atoms with Gasteiger partial charge in [0.15, 0.2) is 0 Å². The third-order valence-corrected chi connectivity index (χ3v) is 3.40. The molecule has 0 unspecified atom stereocenters. The number of hydrogen-bond donors (Lipinski definition) is 0. The Hall–Kier alpha value is -0.780. The zero-order valence-corrected chi connectivity index (χ0v) is 9.13. The molecule has 0 aromatic heterocycles. The molecule has 0 radical (unpaired) electrons. The molecule has 0 atom stereocenters. The van der Waals surface area contributed by atoms with Crippen molar-refractivity contribution in [3.05, 3.63) is 35.4 Å². The van der Waals surface area contributed by atoms with Crippen LogP contribution in [-0.2, 0) is 12.8 Å². The van der Waals surface area contributed by atoms with Crippen molar-refractivity contribution in [2.24, 2.45) is 5.92 Å². The summed E-state index contributed by atoms with van der Waals surface area (Å²) in [7, 11) is 0. The van der Waals surface area contributed by atoms with Crippen LogP contribution in [0.5, 0.6) is 0 Å². The Labute approximate surface area is 87.3 Å². The van der Waals surface area contributed by atoms with Crippen LogP contribution in [0.3, 0.4) is 0 Å². The SMILES string of the molecule is CC1CCCc2ccccc2CCC1. The lowest BCUT2D eigenvalue weighted by atomic mass is 9.99. The molecule has 1 aromatic carbocycles. The van der Waals surface area contributed by atoms with Crippen molar-refractivity contribution in [1.82, 2.24) is 0 Å². The van der Waals surface area contributed by atoms with E-state index >= 15 is 0 Å². The maximum atomic E-state index is 2.40. The van der Waals surface area contributed by atoms with Gasteiger partial charge in [0.1, 0.15) is 0 Å². The fourth-order valence-corrected chi connectivity index (χ4v) is 2.47. The largest absolute Gasteiger partial charge is 0.0625 e. The molecule has 0 heteroatoms. The molecular formula is C14H20. The molecular weight excluding hydrogens is 168 g/mol. The highest BCUT2D eigenvalue weighted by Gasteiger charge is 2.08. The van der Waals surface area contributed by atoms with Crippen LogP contribution in [-0.4, -0.2) is 0 Å². The summed E-state index contributed by atoms with van der Waals surface area (Å²) in [5, 5.41) is 0. The number of fused-ring (bicyclic) bond motifs is 1. The summed E-state index contributed by atoms with van der Waals surface area (Å²) in [6, 6.07) is 8.98. The summed E-state index contributed by atoms with van der Waals surface area (Å²) < 4.78 is 0. The third-order valence-electron chi connectivity index (χ3n) is 3.40. The van der Waals surface area contributed by atoms with Crippen molar-refractivity contribution < 1.29 is 0 Å². The highest BCUT2D eigenvalue weighted by molar-refractivity contribution is 5.27. The molecule has 0 fully saturated rings. The Bertz CT molecular complexity index is 259. The minimum absolute atomic E-state index is 0.935. The predicted molar refractivity (Wildman–Crippen MR) is 61.5 cm³/mol. The van der Waals surface area contributed by atoms with Gasteiger partial charge in [0.2, 0.25) is 0 Å². The van der Waals surface area contributed by atoms with Gasteiger partial charge in [-0.15, -0.1) is 0 Å². The van der Waals surface area contributed by atoms with Gasteiger partial charge in [0.05, 0.1) is 0 Å². The fraction of sp³-hybridized carbons (Fsp3) is 0.571. The van der Waals surface area contributed by atoms with Crippen LogP contribution in [0.2, 0.25) is 0 Å². The molecule has 0 saturated heterocycles. The lowest BCUT2D eigenvalue weighted by Gasteiger charge is -2.07. The first-order chi connectivity index (χ1) is 6.86. The zero-order valence-electron chi connectivity index (χ0n) is 9.13. The van der Waals surface area contributed by atoms with Gasteiger partial charge in [0.25, 0.3) is 0 Å². The van der Waals surface area contributed by atoms with E-state index in [1.807, 2.05) is 0 Å². The zero-order chi connectivity index (χ0) is 9.80. The first-order valence-electron chi connectivity index (χ1n) is 5.93. The lowest BCUT2D eigenvalue weighted by molar-refractivity contribution is 0.467. The van der Waals surface area contributed by atoms with Gasteiger partial charge in [0, 0.05) is 0 Å².